The van der Waals surface area contributed by atoms with E-state index in [9.17, 15) is 55.1 Å². The number of nitrogens with one attached hydrogen (secondary N) is 6. The van der Waals surface area contributed by atoms with E-state index >= 15 is 0 Å². The lowest BCUT2D eigenvalue weighted by atomic mass is 9.98. The Labute approximate surface area is 456 Å². The molecule has 6 aromatic heterocycles. The van der Waals surface area contributed by atoms with Crippen LogP contribution in [-0.2, 0) is 35.5 Å². The fourth-order valence-electron chi connectivity index (χ4n) is 8.23. The molecule has 8 rings (SSSR count). The molecule has 26 heteroatoms. The Morgan fingerprint density at radius 3 is 1.57 bits per heavy atom. The lowest BCUT2D eigenvalue weighted by Gasteiger charge is -2.18. The van der Waals surface area contributed by atoms with Gasteiger partial charge in [0.2, 0.25) is 11.8 Å². The van der Waals surface area contributed by atoms with Crippen LogP contribution in [0.4, 0.5) is 70.3 Å². The normalized spacial score (nSPS) is 11.5. The average molecular weight is 1120 g/mol. The number of halogens is 6. The van der Waals surface area contributed by atoms with Gasteiger partial charge in [-0.2, -0.15) is 31.4 Å². The molecule has 0 unspecified atom stereocenters. The number of anilines is 6. The van der Waals surface area contributed by atoms with Gasteiger partial charge in [-0.15, -0.1) is 0 Å². The summed E-state index contributed by atoms with van der Waals surface area (Å²) in [5.41, 5.74) is 2.23. The van der Waals surface area contributed by atoms with Crippen LogP contribution < -0.4 is 43.0 Å². The average Bonchev–Trinajstić information content (AvgIpc) is 3.46. The van der Waals surface area contributed by atoms with Crippen LogP contribution in [-0.4, -0.2) is 83.2 Å². The van der Waals surface area contributed by atoms with Gasteiger partial charge in [0.05, 0.1) is 48.1 Å². The number of carbonyl (C=O) groups is 4. The number of aromatic nitrogens is 7. The molecule has 2 aromatic carbocycles. The first kappa shape index (κ1) is 57.1. The standard InChI is InChI=1S/C55H48F6N14O6/c1-30-6-8-36(67-52(80)69-38-10-12-45(64-26-38)54(56,57)58)23-40(30)35-20-42(50(78)74(5)28-35)33-14-17-63-48(22-33)71-49(77)29-73(4)18-19-75-51(79)43(34-15-16-62-47(21-34)66-32(3)76)25-44(72-75)41-24-37(9-7-31(41)2)68-53(81)70-39-11-13-46(65-27-39)55(59,60)61/h6-17,20-28H,18-19,29H2,1-5H3,(H,62,66,76)(H,63,71,77)(H2,67,69,80)(H2,68,70,81). The van der Waals surface area contributed by atoms with Gasteiger partial charge in [0.15, 0.2) is 0 Å². The van der Waals surface area contributed by atoms with Gasteiger partial charge < -0.3 is 36.5 Å². The molecule has 0 aliphatic carbocycles. The monoisotopic (exact) mass is 1110 g/mol. The Bertz CT molecular complexity index is 3830. The van der Waals surface area contributed by atoms with E-state index in [0.29, 0.717) is 44.8 Å². The minimum Gasteiger partial charge on any atom is -0.317 e. The van der Waals surface area contributed by atoms with Crippen molar-refractivity contribution in [3.05, 3.63) is 171 Å². The Morgan fingerprint density at radius 1 is 0.556 bits per heavy atom. The van der Waals surface area contributed by atoms with Crippen LogP contribution in [0.1, 0.15) is 29.4 Å². The van der Waals surface area contributed by atoms with E-state index in [4.69, 9.17) is 5.10 Å². The molecule has 0 radical (unpaired) electrons. The van der Waals surface area contributed by atoms with Crippen molar-refractivity contribution in [1.82, 2.24) is 39.2 Å². The van der Waals surface area contributed by atoms with Gasteiger partial charge in [-0.3, -0.25) is 24.1 Å². The molecule has 0 aliphatic heterocycles. The minimum absolute atomic E-state index is 0.00501. The summed E-state index contributed by atoms with van der Waals surface area (Å²) in [6.07, 6.45) is -3.08. The van der Waals surface area contributed by atoms with E-state index in [1.807, 2.05) is 6.92 Å². The van der Waals surface area contributed by atoms with Crippen LogP contribution in [0.25, 0.3) is 44.6 Å². The molecule has 0 aliphatic rings. The Morgan fingerprint density at radius 2 is 1.05 bits per heavy atom. The third kappa shape index (κ3) is 14.5. The Hall–Kier alpha value is -10.1. The molecule has 0 bridgehead atoms. The lowest BCUT2D eigenvalue weighted by Crippen LogP contribution is -2.35. The molecule has 6 amide bonds. The molecular weight excluding hydrogens is 1070 g/mol. The van der Waals surface area contributed by atoms with Crippen molar-refractivity contribution < 1.29 is 45.5 Å². The van der Waals surface area contributed by atoms with Crippen molar-refractivity contribution in [1.29, 1.82) is 0 Å². The summed E-state index contributed by atoms with van der Waals surface area (Å²) in [4.78, 5) is 96.0. The molecule has 0 saturated heterocycles. The third-order valence-corrected chi connectivity index (χ3v) is 12.2. The Balaban J connectivity index is 0.967. The first-order chi connectivity index (χ1) is 38.4. The van der Waals surface area contributed by atoms with E-state index < -0.39 is 53.2 Å². The number of hydrogen-bond acceptors (Lipinski definition) is 12. The zero-order valence-corrected chi connectivity index (χ0v) is 43.5. The predicted molar refractivity (Wildman–Crippen MR) is 291 cm³/mol. The highest BCUT2D eigenvalue weighted by atomic mass is 19.4. The summed E-state index contributed by atoms with van der Waals surface area (Å²) in [7, 11) is 3.22. The number of aryl methyl sites for hydroxylation is 3. The predicted octanol–water partition coefficient (Wildman–Crippen LogP) is 9.66. The summed E-state index contributed by atoms with van der Waals surface area (Å²) in [6, 6.07) is 21.5. The number of amides is 6. The molecule has 6 heterocycles. The summed E-state index contributed by atoms with van der Waals surface area (Å²) in [5, 5.41) is 20.3. The summed E-state index contributed by atoms with van der Waals surface area (Å²) >= 11 is 0. The fraction of sp³-hybridized carbons (Fsp3) is 0.182. The smallest absolute Gasteiger partial charge is 0.317 e. The maximum absolute atomic E-state index is 14.2. The zero-order valence-electron chi connectivity index (χ0n) is 43.5. The van der Waals surface area contributed by atoms with E-state index in [-0.39, 0.29) is 65.0 Å². The summed E-state index contributed by atoms with van der Waals surface area (Å²) < 4.78 is 80.7. The highest BCUT2D eigenvalue weighted by Gasteiger charge is 2.33. The van der Waals surface area contributed by atoms with Crippen LogP contribution in [0, 0.1) is 13.8 Å². The molecule has 8 aromatic rings. The van der Waals surface area contributed by atoms with Gasteiger partial charge in [0, 0.05) is 61.6 Å². The zero-order chi connectivity index (χ0) is 58.3. The maximum Gasteiger partial charge on any atom is 0.433 e. The van der Waals surface area contributed by atoms with E-state index in [1.54, 1.807) is 92.8 Å². The van der Waals surface area contributed by atoms with Crippen molar-refractivity contribution in [2.45, 2.75) is 39.7 Å². The first-order valence-corrected chi connectivity index (χ1v) is 24.3. The van der Waals surface area contributed by atoms with Crippen molar-refractivity contribution in [2.24, 2.45) is 7.05 Å². The van der Waals surface area contributed by atoms with Crippen molar-refractivity contribution in [3.8, 4) is 44.6 Å². The SMILES string of the molecule is CC(=O)Nc1cc(-c2cc(-c3cc(NC(=O)Nc4ccc(C(F)(F)F)nc4)ccc3C)nn(CCN(C)CC(=O)Nc3cc(-c4cc(-c5cc(NC(=O)Nc6ccc(C(F)(F)F)nc6)ccc5C)cn(C)c4=O)ccn3)c2=O)ccn1. The largest absolute Gasteiger partial charge is 0.433 e. The minimum atomic E-state index is -4.66. The maximum atomic E-state index is 14.2. The number of benzene rings is 2. The van der Waals surface area contributed by atoms with Crippen LogP contribution in [0.5, 0.6) is 0 Å². The number of rotatable bonds is 15. The van der Waals surface area contributed by atoms with E-state index in [1.165, 1.54) is 40.7 Å². The second-order valence-electron chi connectivity index (χ2n) is 18.4. The second-order valence-corrected chi connectivity index (χ2v) is 18.4. The van der Waals surface area contributed by atoms with Gasteiger partial charge in [-0.05, 0) is 139 Å². The second kappa shape index (κ2) is 23.9. The molecule has 20 nitrogen and oxygen atoms in total. The van der Waals surface area contributed by atoms with Gasteiger partial charge >= 0.3 is 24.4 Å². The number of urea groups is 2. The Kier molecular flexibility index (Phi) is 16.8. The highest BCUT2D eigenvalue weighted by Crippen LogP contribution is 2.33. The summed E-state index contributed by atoms with van der Waals surface area (Å²) in [6.45, 7) is 4.81. The van der Waals surface area contributed by atoms with Crippen LogP contribution in [0.3, 0.4) is 0 Å². The van der Waals surface area contributed by atoms with Gasteiger partial charge in [-0.25, -0.2) is 34.2 Å². The molecule has 0 atom stereocenters. The lowest BCUT2D eigenvalue weighted by molar-refractivity contribution is -0.141. The van der Waals surface area contributed by atoms with E-state index in [2.05, 4.69) is 51.8 Å². The first-order valence-electron chi connectivity index (χ1n) is 24.3. The number of pyridine rings is 5. The number of nitrogens with zero attached hydrogens (tertiary/aromatic N) is 8. The van der Waals surface area contributed by atoms with Crippen molar-refractivity contribution in [2.75, 3.05) is 52.0 Å². The number of likely N-dealkylation sites (N-methyl/N-ethyl adjacent to an activating group) is 1. The van der Waals surface area contributed by atoms with Gasteiger partial charge in [0.1, 0.15) is 23.0 Å². The highest BCUT2D eigenvalue weighted by molar-refractivity contribution is 6.01. The molecule has 416 valence electrons. The fourth-order valence-corrected chi connectivity index (χ4v) is 8.23. The van der Waals surface area contributed by atoms with Crippen LogP contribution in [0.2, 0.25) is 0 Å². The van der Waals surface area contributed by atoms with Crippen molar-refractivity contribution in [3.63, 3.8) is 0 Å². The van der Waals surface area contributed by atoms with Crippen molar-refractivity contribution >= 4 is 58.3 Å². The van der Waals surface area contributed by atoms with Gasteiger partial charge in [-0.1, -0.05) is 12.1 Å². The molecular formula is C55H48F6N14O6. The number of hydrogen-bond donors (Lipinski definition) is 6. The number of carbonyl (C=O) groups excluding carboxylic acids is 4. The topological polar surface area (TPSA) is 252 Å². The quantitative estimate of drug-likeness (QED) is 0.0525. The molecule has 0 spiro atoms. The number of alkyl halides is 6. The van der Waals surface area contributed by atoms with E-state index in [0.717, 1.165) is 42.2 Å². The van der Waals surface area contributed by atoms with Gasteiger partial charge in [0.25, 0.3) is 11.1 Å². The molecule has 81 heavy (non-hydrogen) atoms. The third-order valence-electron chi connectivity index (χ3n) is 12.2. The van der Waals surface area contributed by atoms with Crippen LogP contribution in [0.15, 0.2) is 138 Å². The van der Waals surface area contributed by atoms with Crippen LogP contribution >= 0.6 is 0 Å². The molecule has 6 N–H and O–H groups in total. The molecule has 0 saturated carbocycles. The summed E-state index contributed by atoms with van der Waals surface area (Å²) in [5.74, 6) is -0.570. The molecule has 0 fully saturated rings.